The van der Waals surface area contributed by atoms with Crippen LogP contribution in [0.25, 0.3) is 0 Å². The van der Waals surface area contributed by atoms with Crippen LogP contribution in [0.5, 0.6) is 0 Å². The molecule has 7 N–H and O–H groups in total. The zero-order valence-electron chi connectivity index (χ0n) is 14.2. The van der Waals surface area contributed by atoms with Gasteiger partial charge in [0.05, 0.1) is 30.2 Å². The number of amides is 2. The smallest absolute Gasteiger partial charge is 0.249 e. The largest absolute Gasteiger partial charge is 0.370 e. The summed E-state index contributed by atoms with van der Waals surface area (Å²) in [6, 6.07) is -2.70. The fourth-order valence-electron chi connectivity index (χ4n) is 2.00. The lowest BCUT2D eigenvalue weighted by Crippen LogP contribution is -2.48. The van der Waals surface area contributed by atoms with Crippen molar-refractivity contribution in [1.29, 1.82) is 0 Å². The first kappa shape index (κ1) is 20.5. The second kappa shape index (κ2) is 9.04. The molecule has 0 saturated carbocycles. The van der Waals surface area contributed by atoms with Gasteiger partial charge in [0.25, 0.3) is 0 Å². The van der Waals surface area contributed by atoms with Gasteiger partial charge in [0, 0.05) is 12.6 Å². The maximum atomic E-state index is 12.1. The molecule has 0 spiro atoms. The normalized spacial score (nSPS) is 14.6. The predicted molar refractivity (Wildman–Crippen MR) is 89.2 cm³/mol. The van der Waals surface area contributed by atoms with Gasteiger partial charge in [-0.05, 0) is 5.92 Å². The van der Waals surface area contributed by atoms with E-state index in [1.54, 1.807) is 0 Å². The van der Waals surface area contributed by atoms with Crippen molar-refractivity contribution in [3.8, 4) is 0 Å². The van der Waals surface area contributed by atoms with Crippen LogP contribution in [0.2, 0.25) is 0 Å². The highest BCUT2D eigenvalue weighted by atomic mass is 16.2. The Hall–Kier alpha value is -2.59. The van der Waals surface area contributed by atoms with Crippen molar-refractivity contribution in [1.82, 2.24) is 14.9 Å². The van der Waals surface area contributed by atoms with Gasteiger partial charge < -0.3 is 27.3 Å². The topological polar surface area (TPSA) is 176 Å². The molecule has 1 aromatic heterocycles. The number of nitrogens with zero attached hydrogens (tertiary/aromatic N) is 2. The number of nitrogens with two attached hydrogens (primary N) is 3. The lowest BCUT2D eigenvalue weighted by Gasteiger charge is -2.15. The monoisotopic (exact) mass is 352 g/mol. The number of aromatic nitrogens is 2. The van der Waals surface area contributed by atoms with Crippen molar-refractivity contribution < 1.29 is 19.2 Å². The van der Waals surface area contributed by atoms with E-state index in [4.69, 9.17) is 17.2 Å². The molecule has 1 rings (SSSR count). The van der Waals surface area contributed by atoms with Gasteiger partial charge in [-0.15, -0.1) is 0 Å². The highest BCUT2D eigenvalue weighted by molar-refractivity contribution is 5.87. The van der Waals surface area contributed by atoms with E-state index in [0.717, 1.165) is 0 Å². The molecule has 0 aliphatic carbocycles. The number of carbonyl (C=O) groups excluding carboxylic acids is 4. The van der Waals surface area contributed by atoms with E-state index >= 15 is 0 Å². The van der Waals surface area contributed by atoms with Crippen LogP contribution in [0.4, 0.5) is 0 Å². The zero-order chi connectivity index (χ0) is 19.1. The van der Waals surface area contributed by atoms with Crippen molar-refractivity contribution in [2.75, 3.05) is 0 Å². The molecule has 0 aliphatic rings. The molecule has 3 atom stereocenters. The van der Waals surface area contributed by atoms with Crippen molar-refractivity contribution in [2.24, 2.45) is 23.1 Å². The standard InChI is InChI=1S/C15H24N6O4/c1-8(2)13(18)15(25)21-5-9(19-7-21)3-11(16)14(24)20-10(6-22)4-12(17)23/h5-8,10-11,13H,3-4,16,18H2,1-2H3,(H2,17,23)(H,20,24)/t10-,11-,13-/m0/s1. The van der Waals surface area contributed by atoms with Crippen LogP contribution in [0.1, 0.15) is 30.8 Å². The number of nitrogens with one attached hydrogen (secondary N) is 1. The van der Waals surface area contributed by atoms with E-state index < -0.39 is 29.9 Å². The second-order valence-electron chi connectivity index (χ2n) is 6.11. The van der Waals surface area contributed by atoms with E-state index in [9.17, 15) is 19.2 Å². The van der Waals surface area contributed by atoms with Crippen LogP contribution < -0.4 is 22.5 Å². The molecule has 0 unspecified atom stereocenters. The minimum atomic E-state index is -1.03. The Morgan fingerprint density at radius 1 is 1.32 bits per heavy atom. The van der Waals surface area contributed by atoms with Crippen molar-refractivity contribution >= 4 is 24.0 Å². The Bertz CT molecular complexity index is 642. The van der Waals surface area contributed by atoms with E-state index in [2.05, 4.69) is 10.3 Å². The molecule has 25 heavy (non-hydrogen) atoms. The van der Waals surface area contributed by atoms with Gasteiger partial charge >= 0.3 is 0 Å². The number of hydrogen-bond acceptors (Lipinski definition) is 7. The van der Waals surface area contributed by atoms with Gasteiger partial charge in [-0.1, -0.05) is 13.8 Å². The van der Waals surface area contributed by atoms with Gasteiger partial charge in [-0.3, -0.25) is 19.0 Å². The summed E-state index contributed by atoms with van der Waals surface area (Å²) in [6.07, 6.45) is 2.92. The lowest BCUT2D eigenvalue weighted by atomic mass is 10.1. The van der Waals surface area contributed by atoms with Gasteiger partial charge in [-0.2, -0.15) is 0 Å². The van der Waals surface area contributed by atoms with Crippen LogP contribution in [-0.2, 0) is 20.8 Å². The molecule has 0 saturated heterocycles. The summed E-state index contributed by atoms with van der Waals surface area (Å²) in [5.41, 5.74) is 17.0. The van der Waals surface area contributed by atoms with Crippen LogP contribution in [0, 0.1) is 5.92 Å². The Kier molecular flexibility index (Phi) is 7.40. The summed E-state index contributed by atoms with van der Waals surface area (Å²) in [5.74, 6) is -1.69. The molecule has 138 valence electrons. The number of imidazole rings is 1. The summed E-state index contributed by atoms with van der Waals surface area (Å²) in [7, 11) is 0. The zero-order valence-corrected chi connectivity index (χ0v) is 14.2. The van der Waals surface area contributed by atoms with E-state index in [-0.39, 0.29) is 24.7 Å². The molecule has 0 fully saturated rings. The SMILES string of the molecule is CC(C)[C@H](N)C(=O)n1cnc(C[C@H](N)C(=O)N[C@H](C=O)CC(N)=O)c1. The van der Waals surface area contributed by atoms with Crippen molar-refractivity contribution in [3.05, 3.63) is 18.2 Å². The Morgan fingerprint density at radius 3 is 2.48 bits per heavy atom. The van der Waals surface area contributed by atoms with Gasteiger partial charge in [-0.25, -0.2) is 4.98 Å². The van der Waals surface area contributed by atoms with Crippen LogP contribution in [-0.4, -0.2) is 51.7 Å². The van der Waals surface area contributed by atoms with Gasteiger partial charge in [0.15, 0.2) is 0 Å². The highest BCUT2D eigenvalue weighted by Crippen LogP contribution is 2.05. The number of hydrogen-bond donors (Lipinski definition) is 4. The average Bonchev–Trinajstić information content (AvgIpc) is 3.00. The fourth-order valence-corrected chi connectivity index (χ4v) is 2.00. The molecule has 2 amide bonds. The first-order chi connectivity index (χ1) is 11.6. The molecule has 0 bridgehead atoms. The molecular weight excluding hydrogens is 328 g/mol. The van der Waals surface area contributed by atoms with E-state index in [1.165, 1.54) is 17.1 Å². The molecule has 1 heterocycles. The first-order valence-electron chi connectivity index (χ1n) is 7.77. The van der Waals surface area contributed by atoms with Crippen LogP contribution in [0.15, 0.2) is 12.5 Å². The highest BCUT2D eigenvalue weighted by Gasteiger charge is 2.22. The average molecular weight is 352 g/mol. The molecular formula is C15H24N6O4. The van der Waals surface area contributed by atoms with Gasteiger partial charge in [0.2, 0.25) is 17.7 Å². The Morgan fingerprint density at radius 2 is 1.96 bits per heavy atom. The molecule has 10 heteroatoms. The fraction of sp³-hybridized carbons (Fsp3) is 0.533. The number of aldehydes is 1. The maximum Gasteiger partial charge on any atom is 0.249 e. The number of carbonyl (C=O) groups is 4. The predicted octanol–water partition coefficient (Wildman–Crippen LogP) is -2.06. The van der Waals surface area contributed by atoms with Gasteiger partial charge in [0.1, 0.15) is 12.6 Å². The third kappa shape index (κ3) is 6.08. The first-order valence-corrected chi connectivity index (χ1v) is 7.77. The summed E-state index contributed by atoms with van der Waals surface area (Å²) in [6.45, 7) is 3.66. The molecule has 0 aromatic carbocycles. The van der Waals surface area contributed by atoms with Crippen molar-refractivity contribution in [3.63, 3.8) is 0 Å². The number of rotatable bonds is 9. The second-order valence-corrected chi connectivity index (χ2v) is 6.11. The summed E-state index contributed by atoms with van der Waals surface area (Å²) in [5, 5.41) is 2.33. The molecule has 0 radical (unpaired) electrons. The number of primary amides is 1. The third-order valence-electron chi connectivity index (χ3n) is 3.57. The minimum absolute atomic E-state index is 0.0306. The lowest BCUT2D eigenvalue weighted by molar-refractivity contribution is -0.126. The summed E-state index contributed by atoms with van der Waals surface area (Å²) >= 11 is 0. The quantitative estimate of drug-likeness (QED) is 0.369. The van der Waals surface area contributed by atoms with Crippen LogP contribution >= 0.6 is 0 Å². The van der Waals surface area contributed by atoms with E-state index in [0.29, 0.717) is 12.0 Å². The van der Waals surface area contributed by atoms with Crippen LogP contribution in [0.3, 0.4) is 0 Å². The van der Waals surface area contributed by atoms with E-state index in [1.807, 2.05) is 13.8 Å². The molecule has 1 aromatic rings. The Balaban J connectivity index is 2.67. The van der Waals surface area contributed by atoms with Crippen molar-refractivity contribution in [2.45, 2.75) is 44.8 Å². The Labute approximate surface area is 145 Å². The maximum absolute atomic E-state index is 12.1. The minimum Gasteiger partial charge on any atom is -0.370 e. The third-order valence-corrected chi connectivity index (χ3v) is 3.57. The summed E-state index contributed by atoms with van der Waals surface area (Å²) < 4.78 is 1.26. The molecule has 10 nitrogen and oxygen atoms in total. The molecule has 0 aliphatic heterocycles. The summed E-state index contributed by atoms with van der Waals surface area (Å²) in [4.78, 5) is 49.7.